The van der Waals surface area contributed by atoms with E-state index in [1.54, 1.807) is 0 Å². The van der Waals surface area contributed by atoms with E-state index in [1.807, 2.05) is 11.3 Å². The second kappa shape index (κ2) is 12.4. The van der Waals surface area contributed by atoms with Crippen molar-refractivity contribution in [2.24, 2.45) is 0 Å². The van der Waals surface area contributed by atoms with Gasteiger partial charge in [-0.25, -0.2) is 0 Å². The largest absolute Gasteiger partial charge is 0.310 e. The zero-order valence-electron chi connectivity index (χ0n) is 29.4. The summed E-state index contributed by atoms with van der Waals surface area (Å²) in [7, 11) is 0. The number of rotatable bonds is 5. The molecule has 10 aromatic carbocycles. The van der Waals surface area contributed by atoms with E-state index in [9.17, 15) is 0 Å². The van der Waals surface area contributed by atoms with E-state index in [4.69, 9.17) is 0 Å². The SMILES string of the molecule is c1ccc2c(-c3ccc(N(c4ccc(-c5cc6ccccc6c6ccccc56)cc4)c4ccc5c(c4)sc4c6ccccc6ccc54)cc3)cccc2c1. The van der Waals surface area contributed by atoms with Crippen molar-refractivity contribution >= 4 is 91.7 Å². The third-order valence-corrected chi connectivity index (χ3v) is 12.2. The van der Waals surface area contributed by atoms with E-state index in [0.29, 0.717) is 0 Å². The number of thiophene rings is 1. The summed E-state index contributed by atoms with van der Waals surface area (Å²) in [5, 5.41) is 12.8. The summed E-state index contributed by atoms with van der Waals surface area (Å²) in [5.74, 6) is 0. The molecule has 0 aliphatic heterocycles. The summed E-state index contributed by atoms with van der Waals surface area (Å²) in [6.07, 6.45) is 0. The van der Waals surface area contributed by atoms with Crippen molar-refractivity contribution < 1.29 is 0 Å². The Balaban J connectivity index is 1.06. The van der Waals surface area contributed by atoms with Crippen molar-refractivity contribution in [2.45, 2.75) is 0 Å². The van der Waals surface area contributed by atoms with Gasteiger partial charge in [0.05, 0.1) is 0 Å². The number of anilines is 3. The Hall–Kier alpha value is -6.74. The zero-order chi connectivity index (χ0) is 35.6. The lowest BCUT2D eigenvalue weighted by Gasteiger charge is -2.26. The maximum Gasteiger partial charge on any atom is 0.0476 e. The zero-order valence-corrected chi connectivity index (χ0v) is 30.2. The molecule has 0 N–H and O–H groups in total. The van der Waals surface area contributed by atoms with E-state index in [1.165, 1.54) is 85.5 Å². The minimum absolute atomic E-state index is 1.12. The van der Waals surface area contributed by atoms with Crippen LogP contribution >= 0.6 is 11.3 Å². The van der Waals surface area contributed by atoms with E-state index < -0.39 is 0 Å². The van der Waals surface area contributed by atoms with Crippen LogP contribution in [0.2, 0.25) is 0 Å². The third-order valence-electron chi connectivity index (χ3n) is 11.0. The van der Waals surface area contributed by atoms with Crippen molar-refractivity contribution in [3.05, 3.63) is 200 Å². The quantitative estimate of drug-likeness (QED) is 0.161. The molecule has 0 radical (unpaired) electrons. The standard InChI is InChI=1S/C52H33NS/c1-4-14-42-34(10-1)13-9-19-43(42)36-20-25-39(26-21-36)53(41-29-31-48-49-30-24-35-11-2-6-16-45(35)52(49)54-51(48)33-41)40-27-22-37(23-28-40)50-32-38-12-3-5-15-44(38)46-17-7-8-18-47(46)50/h1-33H. The van der Waals surface area contributed by atoms with Gasteiger partial charge in [0.1, 0.15) is 0 Å². The normalized spacial score (nSPS) is 11.7. The molecule has 1 heterocycles. The number of nitrogens with zero attached hydrogens (tertiary/aromatic N) is 1. The highest BCUT2D eigenvalue weighted by molar-refractivity contribution is 7.26. The molecule has 0 saturated heterocycles. The van der Waals surface area contributed by atoms with Crippen molar-refractivity contribution in [1.29, 1.82) is 0 Å². The molecule has 0 spiro atoms. The summed E-state index contributed by atoms with van der Waals surface area (Å²) < 4.78 is 2.63. The Bertz CT molecular complexity index is 3200. The summed E-state index contributed by atoms with van der Waals surface area (Å²) in [4.78, 5) is 2.40. The van der Waals surface area contributed by atoms with Gasteiger partial charge in [-0.2, -0.15) is 0 Å². The first-order valence-electron chi connectivity index (χ1n) is 18.5. The predicted octanol–water partition coefficient (Wildman–Crippen LogP) is 15.5. The Kier molecular flexibility index (Phi) is 7.11. The average Bonchev–Trinajstić information content (AvgIpc) is 3.62. The van der Waals surface area contributed by atoms with Crippen LogP contribution in [0, 0.1) is 0 Å². The van der Waals surface area contributed by atoms with Gasteiger partial charge in [-0.05, 0) is 108 Å². The molecule has 252 valence electrons. The van der Waals surface area contributed by atoms with Crippen LogP contribution in [-0.4, -0.2) is 0 Å². The minimum atomic E-state index is 1.12. The van der Waals surface area contributed by atoms with Crippen LogP contribution in [0.3, 0.4) is 0 Å². The second-order valence-corrected chi connectivity index (χ2v) is 15.1. The summed E-state index contributed by atoms with van der Waals surface area (Å²) in [6, 6.07) is 73.5. The lowest BCUT2D eigenvalue weighted by atomic mass is 9.93. The van der Waals surface area contributed by atoms with Crippen LogP contribution in [0.4, 0.5) is 17.1 Å². The van der Waals surface area contributed by atoms with Gasteiger partial charge in [-0.1, -0.05) is 158 Å². The van der Waals surface area contributed by atoms with Crippen LogP contribution < -0.4 is 4.90 Å². The summed E-state index contributed by atoms with van der Waals surface area (Å²) >= 11 is 1.89. The monoisotopic (exact) mass is 703 g/mol. The number of hydrogen-bond acceptors (Lipinski definition) is 2. The lowest BCUT2D eigenvalue weighted by Crippen LogP contribution is -2.09. The van der Waals surface area contributed by atoms with E-state index >= 15 is 0 Å². The molecule has 0 aliphatic rings. The van der Waals surface area contributed by atoms with Gasteiger partial charge < -0.3 is 4.90 Å². The minimum Gasteiger partial charge on any atom is -0.310 e. The van der Waals surface area contributed by atoms with Crippen LogP contribution in [0.5, 0.6) is 0 Å². The highest BCUT2D eigenvalue weighted by Gasteiger charge is 2.17. The fraction of sp³-hybridized carbons (Fsp3) is 0. The van der Waals surface area contributed by atoms with Gasteiger partial charge in [0, 0.05) is 37.2 Å². The number of benzene rings is 10. The third kappa shape index (κ3) is 4.99. The van der Waals surface area contributed by atoms with Gasteiger partial charge in [0.2, 0.25) is 0 Å². The van der Waals surface area contributed by atoms with Crippen LogP contribution in [-0.2, 0) is 0 Å². The molecule has 0 aliphatic carbocycles. The van der Waals surface area contributed by atoms with Gasteiger partial charge >= 0.3 is 0 Å². The molecule has 0 amide bonds. The molecule has 0 bridgehead atoms. The summed E-state index contributed by atoms with van der Waals surface area (Å²) in [6.45, 7) is 0. The molecule has 0 saturated carbocycles. The van der Waals surface area contributed by atoms with Gasteiger partial charge in [-0.15, -0.1) is 11.3 Å². The Morgan fingerprint density at radius 1 is 0.296 bits per heavy atom. The van der Waals surface area contributed by atoms with Crippen molar-refractivity contribution in [2.75, 3.05) is 4.90 Å². The van der Waals surface area contributed by atoms with Gasteiger partial charge in [0.15, 0.2) is 0 Å². The molecule has 1 nitrogen and oxygen atoms in total. The Morgan fingerprint density at radius 3 is 1.57 bits per heavy atom. The number of fused-ring (bicyclic) bond motifs is 9. The van der Waals surface area contributed by atoms with Crippen LogP contribution in [0.1, 0.15) is 0 Å². The molecule has 0 unspecified atom stereocenters. The van der Waals surface area contributed by atoms with Gasteiger partial charge in [-0.3, -0.25) is 0 Å². The van der Waals surface area contributed by atoms with E-state index in [2.05, 4.69) is 205 Å². The molecule has 11 aromatic rings. The fourth-order valence-corrected chi connectivity index (χ4v) is 9.70. The van der Waals surface area contributed by atoms with E-state index in [0.717, 1.165) is 17.1 Å². The maximum absolute atomic E-state index is 2.40. The fourth-order valence-electron chi connectivity index (χ4n) is 8.43. The molecular formula is C52H33NS. The molecule has 2 heteroatoms. The molecule has 54 heavy (non-hydrogen) atoms. The Labute approximate surface area is 317 Å². The lowest BCUT2D eigenvalue weighted by molar-refractivity contribution is 1.29. The first-order chi connectivity index (χ1) is 26.8. The van der Waals surface area contributed by atoms with Crippen LogP contribution in [0.25, 0.3) is 85.5 Å². The molecule has 11 rings (SSSR count). The smallest absolute Gasteiger partial charge is 0.0476 e. The highest BCUT2D eigenvalue weighted by Crippen LogP contribution is 2.44. The summed E-state index contributed by atoms with van der Waals surface area (Å²) in [5.41, 5.74) is 8.29. The molecular weight excluding hydrogens is 671 g/mol. The molecule has 0 atom stereocenters. The van der Waals surface area contributed by atoms with Crippen molar-refractivity contribution in [3.8, 4) is 22.3 Å². The van der Waals surface area contributed by atoms with Crippen molar-refractivity contribution in [3.63, 3.8) is 0 Å². The van der Waals surface area contributed by atoms with Gasteiger partial charge in [0.25, 0.3) is 0 Å². The average molecular weight is 704 g/mol. The van der Waals surface area contributed by atoms with Crippen LogP contribution in [0.15, 0.2) is 200 Å². The molecule has 1 aromatic heterocycles. The molecule has 0 fully saturated rings. The first-order valence-corrected chi connectivity index (χ1v) is 19.3. The van der Waals surface area contributed by atoms with E-state index in [-0.39, 0.29) is 0 Å². The topological polar surface area (TPSA) is 3.24 Å². The predicted molar refractivity (Wildman–Crippen MR) is 235 cm³/mol. The maximum atomic E-state index is 2.40. The second-order valence-electron chi connectivity index (χ2n) is 14.1. The number of hydrogen-bond donors (Lipinski definition) is 0. The highest BCUT2D eigenvalue weighted by atomic mass is 32.1. The van der Waals surface area contributed by atoms with Crippen molar-refractivity contribution in [1.82, 2.24) is 0 Å². The first kappa shape index (κ1) is 30.8. The Morgan fingerprint density at radius 2 is 0.833 bits per heavy atom.